The number of hydrogen-bond donors (Lipinski definition) is 2. The van der Waals surface area contributed by atoms with Crippen LogP contribution < -0.4 is 10.6 Å². The van der Waals surface area contributed by atoms with Crippen LogP contribution in [-0.4, -0.2) is 26.6 Å². The zero-order valence-electron chi connectivity index (χ0n) is 14.1. The van der Waals surface area contributed by atoms with Crippen molar-refractivity contribution < 1.29 is 9.59 Å². The Kier molecular flexibility index (Phi) is 4.74. The Bertz CT molecular complexity index is 918. The first kappa shape index (κ1) is 16.6. The lowest BCUT2D eigenvalue weighted by Crippen LogP contribution is -2.26. The van der Waals surface area contributed by atoms with E-state index in [1.807, 2.05) is 35.9 Å². The summed E-state index contributed by atoms with van der Waals surface area (Å²) in [6.07, 6.45) is 3.35. The lowest BCUT2D eigenvalue weighted by atomic mass is 10.1. The van der Waals surface area contributed by atoms with Crippen molar-refractivity contribution in [2.45, 2.75) is 20.4 Å². The molecule has 7 nitrogen and oxygen atoms in total. The van der Waals surface area contributed by atoms with E-state index < -0.39 is 0 Å². The van der Waals surface area contributed by atoms with Gasteiger partial charge >= 0.3 is 0 Å². The van der Waals surface area contributed by atoms with Crippen molar-refractivity contribution in [2.75, 3.05) is 10.6 Å². The molecular weight excluding hydrogens is 318 g/mol. The van der Waals surface area contributed by atoms with Gasteiger partial charge in [0, 0.05) is 18.5 Å². The van der Waals surface area contributed by atoms with Crippen molar-refractivity contribution in [3.05, 3.63) is 48.8 Å². The molecule has 0 aliphatic rings. The summed E-state index contributed by atoms with van der Waals surface area (Å²) in [7, 11) is 0. The molecule has 1 atom stereocenters. The first-order chi connectivity index (χ1) is 12.0. The number of nitrogens with one attached hydrogen (secondary N) is 2. The van der Waals surface area contributed by atoms with E-state index in [0.29, 0.717) is 18.1 Å². The molecule has 0 radical (unpaired) electrons. The molecule has 0 fully saturated rings. The van der Waals surface area contributed by atoms with Gasteiger partial charge in [-0.05, 0) is 18.2 Å². The summed E-state index contributed by atoms with van der Waals surface area (Å²) in [5.74, 6) is -0.403. The number of nitrogens with zero attached hydrogens (tertiary/aromatic N) is 3. The summed E-state index contributed by atoms with van der Waals surface area (Å²) in [4.78, 5) is 27.9. The highest BCUT2D eigenvalue weighted by molar-refractivity contribution is 5.98. The Morgan fingerprint density at radius 3 is 2.76 bits per heavy atom. The van der Waals surface area contributed by atoms with Gasteiger partial charge in [0.05, 0.1) is 29.9 Å². The molecular formula is C18H19N5O2. The standard InChI is InChI=1S/C18H19N5O2/c1-12(11-23-16-8-4-3-6-14(16)10-20-23)18(25)22-17-15(21-13(2)24)7-5-9-19-17/h3-10,12H,11H2,1-2H3,(H,21,24)(H,19,22,25)/t12-/m1/s1. The highest BCUT2D eigenvalue weighted by atomic mass is 16.2. The second kappa shape index (κ2) is 7.12. The smallest absolute Gasteiger partial charge is 0.230 e. The third-order valence-electron chi connectivity index (χ3n) is 3.81. The minimum atomic E-state index is -0.324. The Morgan fingerprint density at radius 2 is 1.96 bits per heavy atom. The number of amides is 2. The molecule has 25 heavy (non-hydrogen) atoms. The van der Waals surface area contributed by atoms with Crippen molar-refractivity contribution in [2.24, 2.45) is 5.92 Å². The fourth-order valence-electron chi connectivity index (χ4n) is 2.55. The molecule has 2 amide bonds. The Morgan fingerprint density at radius 1 is 1.16 bits per heavy atom. The van der Waals surface area contributed by atoms with Gasteiger partial charge < -0.3 is 10.6 Å². The molecule has 0 bridgehead atoms. The Labute approximate surface area is 145 Å². The molecule has 0 aliphatic carbocycles. The van der Waals surface area contributed by atoms with Crippen LogP contribution in [0.2, 0.25) is 0 Å². The minimum Gasteiger partial charge on any atom is -0.323 e. The van der Waals surface area contributed by atoms with Crippen LogP contribution in [0.25, 0.3) is 10.9 Å². The van der Waals surface area contributed by atoms with E-state index in [2.05, 4.69) is 20.7 Å². The summed E-state index contributed by atoms with van der Waals surface area (Å²) in [6.45, 7) is 3.68. The van der Waals surface area contributed by atoms with E-state index in [1.54, 1.807) is 24.5 Å². The molecule has 0 saturated heterocycles. The monoisotopic (exact) mass is 337 g/mol. The van der Waals surface area contributed by atoms with Gasteiger partial charge in [-0.3, -0.25) is 14.3 Å². The van der Waals surface area contributed by atoms with E-state index >= 15 is 0 Å². The molecule has 3 aromatic rings. The van der Waals surface area contributed by atoms with Gasteiger partial charge in [0.15, 0.2) is 5.82 Å². The van der Waals surface area contributed by atoms with E-state index in [4.69, 9.17) is 0 Å². The van der Waals surface area contributed by atoms with Gasteiger partial charge in [-0.1, -0.05) is 25.1 Å². The Hall–Kier alpha value is -3.22. The van der Waals surface area contributed by atoms with E-state index in [0.717, 1.165) is 10.9 Å². The first-order valence-electron chi connectivity index (χ1n) is 7.98. The molecule has 7 heteroatoms. The quantitative estimate of drug-likeness (QED) is 0.749. The van der Waals surface area contributed by atoms with Crippen LogP contribution in [0.1, 0.15) is 13.8 Å². The summed E-state index contributed by atoms with van der Waals surface area (Å²) in [5.41, 5.74) is 1.46. The van der Waals surface area contributed by atoms with Gasteiger partial charge in [-0.15, -0.1) is 0 Å². The van der Waals surface area contributed by atoms with Crippen molar-refractivity contribution in [1.29, 1.82) is 0 Å². The number of carbonyl (C=O) groups excluding carboxylic acids is 2. The van der Waals surface area contributed by atoms with Crippen LogP contribution in [-0.2, 0) is 16.1 Å². The summed E-state index contributed by atoms with van der Waals surface area (Å²) in [5, 5.41) is 10.8. The maximum absolute atomic E-state index is 12.5. The van der Waals surface area contributed by atoms with Crippen molar-refractivity contribution in [3.8, 4) is 0 Å². The average molecular weight is 337 g/mol. The summed E-state index contributed by atoms with van der Waals surface area (Å²) in [6, 6.07) is 11.2. The van der Waals surface area contributed by atoms with E-state index in [1.165, 1.54) is 6.92 Å². The van der Waals surface area contributed by atoms with Gasteiger partial charge in [0.2, 0.25) is 11.8 Å². The van der Waals surface area contributed by atoms with Gasteiger partial charge in [-0.2, -0.15) is 5.10 Å². The number of carbonyl (C=O) groups is 2. The molecule has 0 saturated carbocycles. The molecule has 2 aromatic heterocycles. The normalized spacial score (nSPS) is 11.9. The second-order valence-corrected chi connectivity index (χ2v) is 5.86. The fraction of sp³-hybridized carbons (Fsp3) is 0.222. The van der Waals surface area contributed by atoms with Crippen LogP contribution in [0.5, 0.6) is 0 Å². The van der Waals surface area contributed by atoms with Gasteiger partial charge in [0.1, 0.15) is 0 Å². The number of benzene rings is 1. The number of anilines is 2. The SMILES string of the molecule is CC(=O)Nc1cccnc1NC(=O)[C@H](C)Cn1ncc2ccccc21. The molecule has 1 aromatic carbocycles. The number of fused-ring (bicyclic) bond motifs is 1. The zero-order chi connectivity index (χ0) is 17.8. The molecule has 3 rings (SSSR count). The lowest BCUT2D eigenvalue weighted by molar-refractivity contribution is -0.120. The molecule has 0 spiro atoms. The van der Waals surface area contributed by atoms with Crippen molar-refractivity contribution in [1.82, 2.24) is 14.8 Å². The zero-order valence-corrected chi connectivity index (χ0v) is 14.1. The summed E-state index contributed by atoms with van der Waals surface area (Å²) < 4.78 is 1.81. The number of hydrogen-bond acceptors (Lipinski definition) is 4. The maximum Gasteiger partial charge on any atom is 0.230 e. The molecule has 0 aliphatic heterocycles. The number of pyridine rings is 1. The van der Waals surface area contributed by atoms with Crippen LogP contribution in [0.3, 0.4) is 0 Å². The lowest BCUT2D eigenvalue weighted by Gasteiger charge is -2.14. The van der Waals surface area contributed by atoms with Gasteiger partial charge in [-0.25, -0.2) is 4.98 Å². The number of aromatic nitrogens is 3. The third-order valence-corrected chi connectivity index (χ3v) is 3.81. The third kappa shape index (κ3) is 3.82. The van der Waals surface area contributed by atoms with Crippen LogP contribution in [0.4, 0.5) is 11.5 Å². The number of rotatable bonds is 5. The van der Waals surface area contributed by atoms with Gasteiger partial charge in [0.25, 0.3) is 0 Å². The Balaban J connectivity index is 1.72. The van der Waals surface area contributed by atoms with Crippen LogP contribution in [0, 0.1) is 5.92 Å². The fourth-order valence-corrected chi connectivity index (χ4v) is 2.55. The maximum atomic E-state index is 12.5. The average Bonchev–Trinajstić information content (AvgIpc) is 2.99. The van der Waals surface area contributed by atoms with Crippen LogP contribution >= 0.6 is 0 Å². The molecule has 128 valence electrons. The molecule has 2 heterocycles. The van der Waals surface area contributed by atoms with Crippen molar-refractivity contribution >= 4 is 34.2 Å². The van der Waals surface area contributed by atoms with E-state index in [-0.39, 0.29) is 17.7 Å². The topological polar surface area (TPSA) is 88.9 Å². The first-order valence-corrected chi connectivity index (χ1v) is 7.98. The summed E-state index contributed by atoms with van der Waals surface area (Å²) >= 11 is 0. The number of para-hydroxylation sites is 1. The molecule has 0 unspecified atom stereocenters. The minimum absolute atomic E-state index is 0.190. The van der Waals surface area contributed by atoms with Crippen LogP contribution in [0.15, 0.2) is 48.8 Å². The predicted molar refractivity (Wildman–Crippen MR) is 96.1 cm³/mol. The largest absolute Gasteiger partial charge is 0.323 e. The predicted octanol–water partition coefficient (Wildman–Crippen LogP) is 2.66. The van der Waals surface area contributed by atoms with Crippen molar-refractivity contribution in [3.63, 3.8) is 0 Å². The highest BCUT2D eigenvalue weighted by Gasteiger charge is 2.17. The molecule has 2 N–H and O–H groups in total. The second-order valence-electron chi connectivity index (χ2n) is 5.86. The highest BCUT2D eigenvalue weighted by Crippen LogP contribution is 2.19. The van der Waals surface area contributed by atoms with E-state index in [9.17, 15) is 9.59 Å².